The minimum absolute atomic E-state index is 0.460. The molecule has 3 nitrogen and oxygen atoms in total. The lowest BCUT2D eigenvalue weighted by Gasteiger charge is -2.11. The van der Waals surface area contributed by atoms with Crippen LogP contribution in [0.4, 0.5) is 5.69 Å². The summed E-state index contributed by atoms with van der Waals surface area (Å²) in [5.41, 5.74) is 9.74. The molecule has 0 aliphatic carbocycles. The van der Waals surface area contributed by atoms with Gasteiger partial charge in [-0.25, -0.2) is 0 Å². The fraction of sp³-hybridized carbons (Fsp3) is 0.118. The lowest BCUT2D eigenvalue weighted by Crippen LogP contribution is -2.00. The number of hydrogen-bond donors (Lipinski definition) is 1. The molecule has 1 heterocycles. The van der Waals surface area contributed by atoms with Crippen molar-refractivity contribution in [2.24, 2.45) is 0 Å². The molecule has 3 heteroatoms. The largest absolute Gasteiger partial charge is 0.487 e. The monoisotopic (exact) mass is 264 g/mol. The highest BCUT2D eigenvalue weighted by Crippen LogP contribution is 2.24. The summed E-state index contributed by atoms with van der Waals surface area (Å²) in [7, 11) is 0. The van der Waals surface area contributed by atoms with Gasteiger partial charge >= 0.3 is 0 Å². The van der Waals surface area contributed by atoms with Crippen LogP contribution in [0.2, 0.25) is 0 Å². The first kappa shape index (κ1) is 12.5. The van der Waals surface area contributed by atoms with Crippen molar-refractivity contribution in [3.63, 3.8) is 0 Å². The molecule has 2 aromatic carbocycles. The fourth-order valence-electron chi connectivity index (χ4n) is 2.21. The molecule has 0 fully saturated rings. The number of anilines is 1. The average molecular weight is 264 g/mol. The van der Waals surface area contributed by atoms with Crippen molar-refractivity contribution in [3.8, 4) is 5.75 Å². The lowest BCUT2D eigenvalue weighted by atomic mass is 10.1. The molecule has 0 spiro atoms. The van der Waals surface area contributed by atoms with Crippen molar-refractivity contribution in [2.75, 3.05) is 5.73 Å². The summed E-state index contributed by atoms with van der Waals surface area (Å²) in [6, 6.07) is 15.9. The van der Waals surface area contributed by atoms with Crippen molar-refractivity contribution < 1.29 is 4.74 Å². The molecule has 0 unspecified atom stereocenters. The Balaban J connectivity index is 1.89. The Morgan fingerprint density at radius 2 is 1.95 bits per heavy atom. The molecule has 20 heavy (non-hydrogen) atoms. The predicted octanol–water partition coefficient (Wildman–Crippen LogP) is 3.70. The standard InChI is InChI=1S/C17H16N2O/c1-12-7-8-15(18)16(10-12)20-11-14-5-2-4-13-6-3-9-19-17(13)14/h2-10H,11,18H2,1H3. The molecule has 0 bridgehead atoms. The number of benzene rings is 2. The number of fused-ring (bicyclic) bond motifs is 1. The van der Waals surface area contributed by atoms with E-state index >= 15 is 0 Å². The molecule has 0 aliphatic heterocycles. The number of nitrogens with two attached hydrogens (primary N) is 1. The van der Waals surface area contributed by atoms with E-state index in [1.165, 1.54) is 0 Å². The Morgan fingerprint density at radius 3 is 2.85 bits per heavy atom. The summed E-state index contributed by atoms with van der Waals surface area (Å²) in [6.45, 7) is 2.48. The highest BCUT2D eigenvalue weighted by Gasteiger charge is 2.05. The van der Waals surface area contributed by atoms with Crippen LogP contribution < -0.4 is 10.5 Å². The third-order valence-corrected chi connectivity index (χ3v) is 3.27. The molecule has 0 atom stereocenters. The van der Waals surface area contributed by atoms with E-state index in [9.17, 15) is 0 Å². The van der Waals surface area contributed by atoms with Crippen molar-refractivity contribution in [3.05, 3.63) is 65.9 Å². The second-order valence-corrected chi connectivity index (χ2v) is 4.82. The summed E-state index contributed by atoms with van der Waals surface area (Å²) in [5.74, 6) is 0.720. The van der Waals surface area contributed by atoms with E-state index in [0.29, 0.717) is 12.3 Å². The van der Waals surface area contributed by atoms with E-state index in [0.717, 1.165) is 27.8 Å². The summed E-state index contributed by atoms with van der Waals surface area (Å²) in [6.07, 6.45) is 1.80. The summed E-state index contributed by atoms with van der Waals surface area (Å²) < 4.78 is 5.85. The van der Waals surface area contributed by atoms with Crippen LogP contribution in [0.25, 0.3) is 10.9 Å². The van der Waals surface area contributed by atoms with E-state index in [1.54, 1.807) is 6.20 Å². The van der Waals surface area contributed by atoms with Gasteiger partial charge in [-0.2, -0.15) is 0 Å². The molecule has 0 saturated heterocycles. The topological polar surface area (TPSA) is 48.1 Å². The number of aromatic nitrogens is 1. The zero-order valence-electron chi connectivity index (χ0n) is 11.3. The quantitative estimate of drug-likeness (QED) is 0.734. The van der Waals surface area contributed by atoms with E-state index in [4.69, 9.17) is 10.5 Å². The molecular weight excluding hydrogens is 248 g/mol. The molecular formula is C17H16N2O. The minimum atomic E-state index is 0.460. The van der Waals surface area contributed by atoms with Crippen LogP contribution in [0.1, 0.15) is 11.1 Å². The third-order valence-electron chi connectivity index (χ3n) is 3.27. The predicted molar refractivity (Wildman–Crippen MR) is 81.7 cm³/mol. The number of para-hydroxylation sites is 1. The van der Waals surface area contributed by atoms with Crippen LogP contribution in [0.5, 0.6) is 5.75 Å². The van der Waals surface area contributed by atoms with Crippen molar-refractivity contribution in [2.45, 2.75) is 13.5 Å². The van der Waals surface area contributed by atoms with Gasteiger partial charge < -0.3 is 10.5 Å². The number of ether oxygens (including phenoxy) is 1. The van der Waals surface area contributed by atoms with Crippen LogP contribution in [0, 0.1) is 6.92 Å². The number of aryl methyl sites for hydroxylation is 1. The van der Waals surface area contributed by atoms with Crippen molar-refractivity contribution in [1.82, 2.24) is 4.98 Å². The molecule has 3 rings (SSSR count). The number of nitrogens with zero attached hydrogens (tertiary/aromatic N) is 1. The van der Waals surface area contributed by atoms with Gasteiger partial charge in [0.2, 0.25) is 0 Å². The zero-order chi connectivity index (χ0) is 13.9. The summed E-state index contributed by atoms with van der Waals surface area (Å²) in [4.78, 5) is 4.42. The van der Waals surface area contributed by atoms with Gasteiger partial charge in [0.05, 0.1) is 11.2 Å². The first-order valence-corrected chi connectivity index (χ1v) is 6.55. The SMILES string of the molecule is Cc1ccc(N)c(OCc2cccc3cccnc23)c1. The van der Waals surface area contributed by atoms with Crippen molar-refractivity contribution in [1.29, 1.82) is 0 Å². The Hall–Kier alpha value is -2.55. The van der Waals surface area contributed by atoms with Gasteiger partial charge in [0.1, 0.15) is 12.4 Å². The van der Waals surface area contributed by atoms with Gasteiger partial charge in [0.25, 0.3) is 0 Å². The van der Waals surface area contributed by atoms with Crippen LogP contribution >= 0.6 is 0 Å². The maximum absolute atomic E-state index is 5.93. The summed E-state index contributed by atoms with van der Waals surface area (Å²) >= 11 is 0. The van der Waals surface area contributed by atoms with Gasteiger partial charge in [-0.05, 0) is 30.7 Å². The van der Waals surface area contributed by atoms with Crippen LogP contribution in [-0.2, 0) is 6.61 Å². The molecule has 100 valence electrons. The van der Waals surface area contributed by atoms with Crippen LogP contribution in [0.3, 0.4) is 0 Å². The fourth-order valence-corrected chi connectivity index (χ4v) is 2.21. The second kappa shape index (κ2) is 5.21. The Labute approximate surface area is 118 Å². The van der Waals surface area contributed by atoms with Gasteiger partial charge in [0, 0.05) is 17.1 Å². The molecule has 0 radical (unpaired) electrons. The van der Waals surface area contributed by atoms with Gasteiger partial charge in [-0.1, -0.05) is 30.3 Å². The average Bonchev–Trinajstić information content (AvgIpc) is 2.48. The second-order valence-electron chi connectivity index (χ2n) is 4.82. The Morgan fingerprint density at radius 1 is 1.10 bits per heavy atom. The number of nitrogen functional groups attached to an aromatic ring is 1. The highest BCUT2D eigenvalue weighted by molar-refractivity contribution is 5.81. The lowest BCUT2D eigenvalue weighted by molar-refractivity contribution is 0.309. The first-order chi connectivity index (χ1) is 9.74. The number of pyridine rings is 1. The van der Waals surface area contributed by atoms with E-state index < -0.39 is 0 Å². The van der Waals surface area contributed by atoms with E-state index in [2.05, 4.69) is 4.98 Å². The highest BCUT2D eigenvalue weighted by atomic mass is 16.5. The molecule has 1 aromatic heterocycles. The molecule has 2 N–H and O–H groups in total. The van der Waals surface area contributed by atoms with Gasteiger partial charge in [-0.15, -0.1) is 0 Å². The first-order valence-electron chi connectivity index (χ1n) is 6.55. The van der Waals surface area contributed by atoms with Crippen LogP contribution in [-0.4, -0.2) is 4.98 Å². The van der Waals surface area contributed by atoms with Gasteiger partial charge in [0.15, 0.2) is 0 Å². The summed E-state index contributed by atoms with van der Waals surface area (Å²) in [5, 5.41) is 1.12. The minimum Gasteiger partial charge on any atom is -0.487 e. The zero-order valence-corrected chi connectivity index (χ0v) is 11.3. The van der Waals surface area contributed by atoms with E-state index in [1.807, 2.05) is 55.5 Å². The van der Waals surface area contributed by atoms with Gasteiger partial charge in [-0.3, -0.25) is 4.98 Å². The third kappa shape index (κ3) is 2.43. The normalized spacial score (nSPS) is 10.7. The molecule has 0 amide bonds. The Kier molecular flexibility index (Phi) is 3.25. The van der Waals surface area contributed by atoms with Crippen LogP contribution in [0.15, 0.2) is 54.7 Å². The van der Waals surface area contributed by atoms with E-state index in [-0.39, 0.29) is 0 Å². The van der Waals surface area contributed by atoms with Crippen molar-refractivity contribution >= 4 is 16.6 Å². The number of rotatable bonds is 3. The Bertz CT molecular complexity index is 748. The molecule has 0 aliphatic rings. The number of hydrogen-bond acceptors (Lipinski definition) is 3. The molecule has 3 aromatic rings. The molecule has 0 saturated carbocycles. The maximum atomic E-state index is 5.93. The smallest absolute Gasteiger partial charge is 0.142 e. The maximum Gasteiger partial charge on any atom is 0.142 e.